The van der Waals surface area contributed by atoms with E-state index in [2.05, 4.69) is 10.3 Å². The number of nitrogens with zero attached hydrogens (tertiary/aromatic N) is 3. The number of hydrogen-bond acceptors (Lipinski definition) is 5. The first-order valence-electron chi connectivity index (χ1n) is 8.34. The molecule has 2 heterocycles. The molecule has 1 N–H and O–H groups in total. The Balaban J connectivity index is 2.02. The fraction of sp³-hybridized carbons (Fsp3) is 0.150. The van der Waals surface area contributed by atoms with Gasteiger partial charge in [0.15, 0.2) is 5.82 Å². The first kappa shape index (κ1) is 16.5. The number of nitrogens with one attached hydrogen (secondary N) is 1. The van der Waals surface area contributed by atoms with Gasteiger partial charge in [0.25, 0.3) is 0 Å². The van der Waals surface area contributed by atoms with E-state index in [1.165, 1.54) is 0 Å². The van der Waals surface area contributed by atoms with Crippen LogP contribution in [-0.2, 0) is 0 Å². The monoisotopic (exact) mass is 364 g/mol. The van der Waals surface area contributed by atoms with Gasteiger partial charge in [-0.15, -0.1) is 0 Å². The Hall–Kier alpha value is -2.92. The normalized spacial score (nSPS) is 11.0. The zero-order valence-corrected chi connectivity index (χ0v) is 15.2. The number of rotatable bonds is 4. The molecule has 0 atom stereocenters. The highest BCUT2D eigenvalue weighted by Crippen LogP contribution is 2.34. The van der Waals surface area contributed by atoms with Crippen molar-refractivity contribution in [3.05, 3.63) is 53.7 Å². The van der Waals surface area contributed by atoms with E-state index in [1.54, 1.807) is 25.4 Å². The van der Waals surface area contributed by atoms with E-state index in [4.69, 9.17) is 26.3 Å². The molecule has 0 bridgehead atoms. The lowest BCUT2D eigenvalue weighted by Crippen LogP contribution is -2.04. The molecule has 130 valence electrons. The Kier molecular flexibility index (Phi) is 4.31. The molecule has 2 aromatic carbocycles. The van der Waals surface area contributed by atoms with Gasteiger partial charge in [-0.25, -0.2) is 9.97 Å². The highest BCUT2D eigenvalue weighted by Gasteiger charge is 2.15. The highest BCUT2D eigenvalue weighted by atomic mass is 35.5. The van der Waals surface area contributed by atoms with E-state index < -0.39 is 0 Å². The van der Waals surface area contributed by atoms with Crippen molar-refractivity contribution >= 4 is 39.4 Å². The fourth-order valence-electron chi connectivity index (χ4n) is 3.00. The van der Waals surface area contributed by atoms with Crippen LogP contribution in [0.15, 0.2) is 48.7 Å². The molecule has 0 saturated carbocycles. The van der Waals surface area contributed by atoms with Crippen LogP contribution in [0.3, 0.4) is 0 Å². The Morgan fingerprint density at radius 2 is 1.88 bits per heavy atom. The van der Waals surface area contributed by atoms with E-state index in [0.717, 1.165) is 40.0 Å². The molecular weight excluding hydrogens is 348 g/mol. The predicted molar refractivity (Wildman–Crippen MR) is 106 cm³/mol. The summed E-state index contributed by atoms with van der Waals surface area (Å²) in [5.41, 5.74) is 4.12. The van der Waals surface area contributed by atoms with Crippen LogP contribution in [0.4, 0.5) is 5.82 Å². The number of methoxy groups -OCH3 is 1. The maximum absolute atomic E-state index is 6.28. The molecule has 0 radical (unpaired) electrons. The Labute approximate surface area is 156 Å². The van der Waals surface area contributed by atoms with Gasteiger partial charge in [-0.3, -0.25) is 4.98 Å². The summed E-state index contributed by atoms with van der Waals surface area (Å²) in [6, 6.07) is 13.6. The molecule has 2 aromatic heterocycles. The smallest absolute Gasteiger partial charge is 0.153 e. The van der Waals surface area contributed by atoms with Gasteiger partial charge in [0.05, 0.1) is 28.7 Å². The molecular formula is C20H17ClN4O. The van der Waals surface area contributed by atoms with Crippen LogP contribution in [0.5, 0.6) is 5.75 Å². The summed E-state index contributed by atoms with van der Waals surface area (Å²) in [5, 5.41) is 4.86. The minimum Gasteiger partial charge on any atom is -0.495 e. The average Bonchev–Trinajstić information content (AvgIpc) is 2.67. The topological polar surface area (TPSA) is 59.9 Å². The molecule has 0 amide bonds. The number of benzene rings is 2. The number of fused-ring (bicyclic) bond motifs is 2. The summed E-state index contributed by atoms with van der Waals surface area (Å²) >= 11 is 6.28. The van der Waals surface area contributed by atoms with Gasteiger partial charge >= 0.3 is 0 Å². The molecule has 0 aliphatic heterocycles. The molecule has 0 unspecified atom stereocenters. The van der Waals surface area contributed by atoms with Gasteiger partial charge in [-0.1, -0.05) is 29.8 Å². The third-order valence-corrected chi connectivity index (χ3v) is 4.48. The maximum Gasteiger partial charge on any atom is 0.153 e. The molecule has 0 saturated heterocycles. The number of hydrogen-bond donors (Lipinski definition) is 1. The molecule has 26 heavy (non-hydrogen) atoms. The molecule has 0 spiro atoms. The summed E-state index contributed by atoms with van der Waals surface area (Å²) in [6.45, 7) is 2.77. The molecule has 0 aliphatic carbocycles. The summed E-state index contributed by atoms with van der Waals surface area (Å²) < 4.78 is 5.30. The number of aromatic nitrogens is 3. The number of pyridine rings is 1. The molecule has 4 rings (SSSR count). The van der Waals surface area contributed by atoms with Gasteiger partial charge in [0.2, 0.25) is 0 Å². The van der Waals surface area contributed by atoms with Crippen molar-refractivity contribution in [2.75, 3.05) is 19.0 Å². The quantitative estimate of drug-likeness (QED) is 0.555. The van der Waals surface area contributed by atoms with Crippen molar-refractivity contribution in [2.45, 2.75) is 6.92 Å². The summed E-state index contributed by atoms with van der Waals surface area (Å²) in [7, 11) is 1.59. The van der Waals surface area contributed by atoms with Gasteiger partial charge < -0.3 is 10.1 Å². The number of anilines is 1. The van der Waals surface area contributed by atoms with E-state index >= 15 is 0 Å². The lowest BCUT2D eigenvalue weighted by molar-refractivity contribution is 0.415. The minimum absolute atomic E-state index is 0.510. The summed E-state index contributed by atoms with van der Waals surface area (Å²) in [4.78, 5) is 14.1. The van der Waals surface area contributed by atoms with Crippen molar-refractivity contribution in [2.24, 2.45) is 0 Å². The Morgan fingerprint density at radius 3 is 2.69 bits per heavy atom. The van der Waals surface area contributed by atoms with Crippen LogP contribution in [-0.4, -0.2) is 28.6 Å². The third kappa shape index (κ3) is 2.80. The standard InChI is InChI=1S/C20H17ClN4O/c1-3-22-20-19(13-6-4-8-15-12(13)7-5-9-23-15)24-16-10-14(21)18(26-2)11-17(16)25-20/h4-11H,3H2,1-2H3,(H,22,25). The zero-order valence-electron chi connectivity index (χ0n) is 14.5. The molecule has 5 nitrogen and oxygen atoms in total. The fourth-order valence-corrected chi connectivity index (χ4v) is 3.24. The summed E-state index contributed by atoms with van der Waals surface area (Å²) in [6.07, 6.45) is 1.79. The van der Waals surface area contributed by atoms with E-state index in [0.29, 0.717) is 16.3 Å². The van der Waals surface area contributed by atoms with Crippen LogP contribution in [0, 0.1) is 0 Å². The lowest BCUT2D eigenvalue weighted by Gasteiger charge is -2.13. The van der Waals surface area contributed by atoms with Gasteiger partial charge in [-0.05, 0) is 25.1 Å². The maximum atomic E-state index is 6.28. The molecule has 4 aromatic rings. The van der Waals surface area contributed by atoms with Gasteiger partial charge in [-0.2, -0.15) is 0 Å². The van der Waals surface area contributed by atoms with Crippen molar-refractivity contribution in [1.82, 2.24) is 15.0 Å². The van der Waals surface area contributed by atoms with Crippen molar-refractivity contribution in [3.8, 4) is 17.0 Å². The molecule has 0 aliphatic rings. The average molecular weight is 365 g/mol. The van der Waals surface area contributed by atoms with Crippen LogP contribution in [0.25, 0.3) is 33.2 Å². The van der Waals surface area contributed by atoms with Crippen LogP contribution >= 0.6 is 11.6 Å². The van der Waals surface area contributed by atoms with E-state index in [-0.39, 0.29) is 0 Å². The Bertz CT molecular complexity index is 1110. The summed E-state index contributed by atoms with van der Waals surface area (Å²) in [5.74, 6) is 1.30. The second-order valence-electron chi connectivity index (χ2n) is 5.80. The van der Waals surface area contributed by atoms with Crippen LogP contribution in [0.2, 0.25) is 5.02 Å². The van der Waals surface area contributed by atoms with Gasteiger partial charge in [0.1, 0.15) is 11.4 Å². The van der Waals surface area contributed by atoms with Crippen LogP contribution in [0.1, 0.15) is 6.92 Å². The SMILES string of the molecule is CCNc1nc2cc(OC)c(Cl)cc2nc1-c1cccc2ncccc12. The lowest BCUT2D eigenvalue weighted by atomic mass is 10.0. The second kappa shape index (κ2) is 6.77. The van der Waals surface area contributed by atoms with E-state index in [1.807, 2.05) is 37.3 Å². The van der Waals surface area contributed by atoms with Crippen LogP contribution < -0.4 is 10.1 Å². The van der Waals surface area contributed by atoms with Crippen molar-refractivity contribution < 1.29 is 4.74 Å². The number of halogens is 1. The Morgan fingerprint density at radius 1 is 1.04 bits per heavy atom. The minimum atomic E-state index is 0.510. The van der Waals surface area contributed by atoms with Crippen molar-refractivity contribution in [3.63, 3.8) is 0 Å². The third-order valence-electron chi connectivity index (χ3n) is 4.18. The molecule has 0 fully saturated rings. The predicted octanol–water partition coefficient (Wildman–Crippen LogP) is 4.94. The molecule has 6 heteroatoms. The van der Waals surface area contributed by atoms with Gasteiger partial charge in [0, 0.05) is 29.8 Å². The van der Waals surface area contributed by atoms with Crippen molar-refractivity contribution in [1.29, 1.82) is 0 Å². The van der Waals surface area contributed by atoms with E-state index in [9.17, 15) is 0 Å². The first-order valence-corrected chi connectivity index (χ1v) is 8.72. The second-order valence-corrected chi connectivity index (χ2v) is 6.21. The highest BCUT2D eigenvalue weighted by molar-refractivity contribution is 6.32. The first-order chi connectivity index (χ1) is 12.7. The number of ether oxygens (including phenoxy) is 1. The zero-order chi connectivity index (χ0) is 18.1. The largest absolute Gasteiger partial charge is 0.495 e.